The van der Waals surface area contributed by atoms with Crippen LogP contribution in [0.4, 0.5) is 0 Å². The zero-order chi connectivity index (χ0) is 16.2. The Morgan fingerprint density at radius 3 is 1.70 bits per heavy atom. The molecule has 0 radical (unpaired) electrons. The molecule has 0 aliphatic rings. The van der Waals surface area contributed by atoms with Crippen molar-refractivity contribution in [3.63, 3.8) is 0 Å². The van der Waals surface area contributed by atoms with Crippen molar-refractivity contribution >= 4 is 0 Å². The molecule has 0 N–H and O–H groups in total. The van der Waals surface area contributed by atoms with Crippen molar-refractivity contribution in [2.24, 2.45) is 10.2 Å². The topological polar surface area (TPSA) is 67.0 Å². The second kappa shape index (κ2) is 6.19. The first kappa shape index (κ1) is 19.0. The molecule has 5 heteroatoms. The molecule has 0 fully saturated rings. The summed E-state index contributed by atoms with van der Waals surface area (Å²) in [7, 11) is 0. The molecule has 0 amide bonds. The van der Waals surface area contributed by atoms with E-state index < -0.39 is 16.7 Å². The summed E-state index contributed by atoms with van der Waals surface area (Å²) in [4.78, 5) is 10.8. The van der Waals surface area contributed by atoms with Gasteiger partial charge >= 0.3 is 0 Å². The SMILES string of the molecule is CC(C)(C)N=NC(C)(C#N)CC(C)(C)OOC(C)(C)C. The highest BCUT2D eigenvalue weighted by molar-refractivity contribution is 5.06. The number of hydrogen-bond donors (Lipinski definition) is 0. The van der Waals surface area contributed by atoms with Gasteiger partial charge in [0.1, 0.15) is 5.60 Å². The predicted octanol–water partition coefficient (Wildman–Crippen LogP) is 4.43. The normalized spacial score (nSPS) is 17.0. The fourth-order valence-electron chi connectivity index (χ4n) is 1.45. The second-order valence-electron chi connectivity index (χ2n) is 7.97. The molecule has 116 valence electrons. The summed E-state index contributed by atoms with van der Waals surface area (Å²) in [6, 6.07) is 2.21. The van der Waals surface area contributed by atoms with Crippen molar-refractivity contribution in [2.45, 2.75) is 91.0 Å². The maximum absolute atomic E-state index is 9.37. The van der Waals surface area contributed by atoms with E-state index in [0.29, 0.717) is 6.42 Å². The Labute approximate surface area is 123 Å². The lowest BCUT2D eigenvalue weighted by atomic mass is 9.90. The third-order valence-electron chi connectivity index (χ3n) is 2.10. The number of azo groups is 1. The van der Waals surface area contributed by atoms with Gasteiger partial charge in [0.15, 0.2) is 5.54 Å². The Morgan fingerprint density at radius 1 is 0.850 bits per heavy atom. The van der Waals surface area contributed by atoms with Gasteiger partial charge in [-0.3, -0.25) is 0 Å². The van der Waals surface area contributed by atoms with E-state index in [1.165, 1.54) is 0 Å². The molecule has 0 aliphatic heterocycles. The van der Waals surface area contributed by atoms with Gasteiger partial charge in [0.05, 0.1) is 17.2 Å². The molecule has 1 atom stereocenters. The van der Waals surface area contributed by atoms with Crippen LogP contribution in [0.25, 0.3) is 0 Å². The van der Waals surface area contributed by atoms with E-state index in [2.05, 4.69) is 16.3 Å². The Bertz CT molecular complexity index is 383. The van der Waals surface area contributed by atoms with Gasteiger partial charge in [-0.25, -0.2) is 9.78 Å². The maximum Gasteiger partial charge on any atom is 0.167 e. The minimum absolute atomic E-state index is 0.301. The van der Waals surface area contributed by atoms with Crippen LogP contribution in [0.5, 0.6) is 0 Å². The maximum atomic E-state index is 9.37. The molecule has 0 aromatic rings. The van der Waals surface area contributed by atoms with Crippen LogP contribution in [0.2, 0.25) is 0 Å². The molecule has 0 saturated carbocycles. The summed E-state index contributed by atoms with van der Waals surface area (Å²) in [5.41, 5.74) is -2.26. The van der Waals surface area contributed by atoms with E-state index in [4.69, 9.17) is 9.78 Å². The summed E-state index contributed by atoms with van der Waals surface area (Å²) in [6.07, 6.45) is 0.395. The summed E-state index contributed by atoms with van der Waals surface area (Å²) >= 11 is 0. The van der Waals surface area contributed by atoms with Crippen LogP contribution in [0.1, 0.15) is 68.7 Å². The van der Waals surface area contributed by atoms with E-state index in [1.54, 1.807) is 6.92 Å². The van der Waals surface area contributed by atoms with Gasteiger partial charge < -0.3 is 0 Å². The average molecular weight is 283 g/mol. The Balaban J connectivity index is 4.86. The van der Waals surface area contributed by atoms with Gasteiger partial charge in [0, 0.05) is 6.42 Å². The molecule has 1 unspecified atom stereocenters. The highest BCUT2D eigenvalue weighted by atomic mass is 17.2. The monoisotopic (exact) mass is 283 g/mol. The lowest BCUT2D eigenvalue weighted by Gasteiger charge is -2.32. The van der Waals surface area contributed by atoms with Crippen molar-refractivity contribution in [1.82, 2.24) is 0 Å². The fraction of sp³-hybridized carbons (Fsp3) is 0.933. The minimum Gasteiger partial charge on any atom is -0.230 e. The van der Waals surface area contributed by atoms with E-state index in [0.717, 1.165) is 0 Å². The molecule has 0 heterocycles. The lowest BCUT2D eigenvalue weighted by Crippen LogP contribution is -2.37. The highest BCUT2D eigenvalue weighted by Gasteiger charge is 2.36. The number of hydrogen-bond acceptors (Lipinski definition) is 5. The molecule has 0 aromatic heterocycles. The van der Waals surface area contributed by atoms with Crippen LogP contribution in [-0.4, -0.2) is 22.3 Å². The number of nitrogens with zero attached hydrogens (tertiary/aromatic N) is 3. The molecule has 20 heavy (non-hydrogen) atoms. The van der Waals surface area contributed by atoms with Gasteiger partial charge in [0.25, 0.3) is 0 Å². The molecule has 0 saturated heterocycles. The van der Waals surface area contributed by atoms with E-state index in [9.17, 15) is 5.26 Å². The van der Waals surface area contributed by atoms with Crippen molar-refractivity contribution in [1.29, 1.82) is 5.26 Å². The summed E-state index contributed by atoms with van der Waals surface area (Å²) < 4.78 is 0. The first-order chi connectivity index (χ1) is 8.68. The quantitative estimate of drug-likeness (QED) is 0.425. The van der Waals surface area contributed by atoms with E-state index >= 15 is 0 Å². The molecule has 5 nitrogen and oxygen atoms in total. The van der Waals surface area contributed by atoms with Crippen LogP contribution in [-0.2, 0) is 9.78 Å². The van der Waals surface area contributed by atoms with Crippen LogP contribution in [0, 0.1) is 11.3 Å². The van der Waals surface area contributed by atoms with Gasteiger partial charge in [0.2, 0.25) is 0 Å². The van der Waals surface area contributed by atoms with E-state index in [-0.39, 0.29) is 5.54 Å². The summed E-state index contributed by atoms with van der Waals surface area (Å²) in [5.74, 6) is 0. The molecular formula is C15H29N3O2. The highest BCUT2D eigenvalue weighted by Crippen LogP contribution is 2.29. The van der Waals surface area contributed by atoms with Crippen molar-refractivity contribution in [3.8, 4) is 6.07 Å². The number of nitriles is 1. The van der Waals surface area contributed by atoms with Crippen molar-refractivity contribution < 1.29 is 9.78 Å². The molecule has 0 rings (SSSR count). The smallest absolute Gasteiger partial charge is 0.167 e. The van der Waals surface area contributed by atoms with E-state index in [1.807, 2.05) is 55.4 Å². The van der Waals surface area contributed by atoms with Gasteiger partial charge in [-0.15, -0.1) is 0 Å². The van der Waals surface area contributed by atoms with Crippen LogP contribution in [0.15, 0.2) is 10.2 Å². The summed E-state index contributed by atoms with van der Waals surface area (Å²) in [6.45, 7) is 17.1. The predicted molar refractivity (Wildman–Crippen MR) is 79.2 cm³/mol. The standard InChI is InChI=1S/C15H29N3O2/c1-12(2,3)17-18-15(9,11-16)10-14(7,8)20-19-13(4,5)6/h10H2,1-9H3. The van der Waals surface area contributed by atoms with Gasteiger partial charge in [-0.05, 0) is 62.3 Å². The van der Waals surface area contributed by atoms with Crippen LogP contribution in [0.3, 0.4) is 0 Å². The molecule has 0 spiro atoms. The van der Waals surface area contributed by atoms with Gasteiger partial charge in [-0.1, -0.05) is 0 Å². The minimum atomic E-state index is -0.933. The third-order valence-corrected chi connectivity index (χ3v) is 2.10. The largest absolute Gasteiger partial charge is 0.230 e. The molecule has 0 bridgehead atoms. The zero-order valence-corrected chi connectivity index (χ0v) is 14.4. The fourth-order valence-corrected chi connectivity index (χ4v) is 1.45. The number of rotatable bonds is 5. The Morgan fingerprint density at radius 2 is 1.35 bits per heavy atom. The first-order valence-corrected chi connectivity index (χ1v) is 6.90. The zero-order valence-electron chi connectivity index (χ0n) is 14.4. The van der Waals surface area contributed by atoms with Crippen LogP contribution >= 0.6 is 0 Å². The average Bonchev–Trinajstić information content (AvgIpc) is 2.22. The Hall–Kier alpha value is -0.990. The summed E-state index contributed by atoms with van der Waals surface area (Å²) in [5, 5.41) is 17.8. The molecular weight excluding hydrogens is 254 g/mol. The molecule has 0 aromatic carbocycles. The Kier molecular flexibility index (Phi) is 5.89. The first-order valence-electron chi connectivity index (χ1n) is 6.90. The van der Waals surface area contributed by atoms with Gasteiger partial charge in [-0.2, -0.15) is 15.5 Å². The van der Waals surface area contributed by atoms with Crippen molar-refractivity contribution in [2.75, 3.05) is 0 Å². The van der Waals surface area contributed by atoms with Crippen LogP contribution < -0.4 is 0 Å². The second-order valence-corrected chi connectivity index (χ2v) is 7.97. The third kappa shape index (κ3) is 9.00. The lowest BCUT2D eigenvalue weighted by molar-refractivity contribution is -0.399. The molecule has 0 aliphatic carbocycles. The van der Waals surface area contributed by atoms with Crippen molar-refractivity contribution in [3.05, 3.63) is 0 Å².